The van der Waals surface area contributed by atoms with Crippen LogP contribution in [0.15, 0.2) is 12.1 Å². The lowest BCUT2D eigenvalue weighted by atomic mass is 9.98. The summed E-state index contributed by atoms with van der Waals surface area (Å²) in [6.45, 7) is 2.55. The van der Waals surface area contributed by atoms with Gasteiger partial charge in [-0.15, -0.1) is 0 Å². The average molecular weight is 356 g/mol. The second-order valence-corrected chi connectivity index (χ2v) is 7.95. The molecular weight excluding hydrogens is 332 g/mol. The molecule has 0 saturated carbocycles. The van der Waals surface area contributed by atoms with Crippen LogP contribution in [0.2, 0.25) is 0 Å². The second kappa shape index (κ2) is 7.40. The molecule has 8 heteroatoms. The van der Waals surface area contributed by atoms with E-state index in [9.17, 15) is 13.2 Å². The number of ether oxygens (including phenoxy) is 2. The van der Waals surface area contributed by atoms with Gasteiger partial charge in [-0.1, -0.05) is 0 Å². The van der Waals surface area contributed by atoms with Crippen LogP contribution in [0.3, 0.4) is 0 Å². The first kappa shape index (κ1) is 18.5. The highest BCUT2D eigenvalue weighted by Crippen LogP contribution is 2.33. The van der Waals surface area contributed by atoms with Gasteiger partial charge in [0.1, 0.15) is 0 Å². The summed E-state index contributed by atoms with van der Waals surface area (Å²) in [4.78, 5) is 12.5. The highest BCUT2D eigenvalue weighted by atomic mass is 32.2. The quantitative estimate of drug-likeness (QED) is 0.867. The zero-order chi connectivity index (χ0) is 17.9. The number of nitrogens with zero attached hydrogens (tertiary/aromatic N) is 1. The highest BCUT2D eigenvalue weighted by Gasteiger charge is 2.30. The molecule has 1 aromatic rings. The molecule has 1 aliphatic rings. The lowest BCUT2D eigenvalue weighted by Gasteiger charge is -2.30. The summed E-state index contributed by atoms with van der Waals surface area (Å²) < 4.78 is 35.2. The van der Waals surface area contributed by atoms with E-state index in [0.29, 0.717) is 36.6 Å². The van der Waals surface area contributed by atoms with Gasteiger partial charge in [0.2, 0.25) is 15.9 Å². The lowest BCUT2D eigenvalue weighted by molar-refractivity contribution is -0.120. The third-order valence-corrected chi connectivity index (χ3v) is 5.48. The molecule has 2 rings (SSSR count). The van der Waals surface area contributed by atoms with E-state index >= 15 is 0 Å². The fourth-order valence-corrected chi connectivity index (χ4v) is 3.72. The van der Waals surface area contributed by atoms with Crippen molar-refractivity contribution in [3.05, 3.63) is 17.7 Å². The first-order valence-electron chi connectivity index (χ1n) is 7.75. The number of carbonyl (C=O) groups is 1. The molecule has 1 amide bonds. The fraction of sp³-hybridized carbons (Fsp3) is 0.562. The number of rotatable bonds is 5. The van der Waals surface area contributed by atoms with Gasteiger partial charge >= 0.3 is 0 Å². The fourth-order valence-electron chi connectivity index (χ4n) is 2.81. The monoisotopic (exact) mass is 356 g/mol. The number of methoxy groups -OCH3 is 2. The average Bonchev–Trinajstić information content (AvgIpc) is 2.55. The van der Waals surface area contributed by atoms with Gasteiger partial charge < -0.3 is 14.8 Å². The first-order chi connectivity index (χ1) is 11.3. The Morgan fingerprint density at radius 2 is 1.88 bits per heavy atom. The van der Waals surface area contributed by atoms with Crippen LogP contribution in [-0.4, -0.2) is 52.2 Å². The Hall–Kier alpha value is -1.80. The first-order valence-corrected chi connectivity index (χ1v) is 9.59. The smallest absolute Gasteiger partial charge is 0.228 e. The Labute approximate surface area is 143 Å². The number of hydrogen-bond acceptors (Lipinski definition) is 5. The lowest BCUT2D eigenvalue weighted by Crippen LogP contribution is -2.43. The van der Waals surface area contributed by atoms with Crippen molar-refractivity contribution < 1.29 is 22.7 Å². The van der Waals surface area contributed by atoms with Crippen molar-refractivity contribution >= 4 is 21.6 Å². The Morgan fingerprint density at radius 1 is 1.25 bits per heavy atom. The van der Waals surface area contributed by atoms with Crippen molar-refractivity contribution in [3.63, 3.8) is 0 Å². The van der Waals surface area contributed by atoms with Gasteiger partial charge in [0.15, 0.2) is 11.5 Å². The maximum atomic E-state index is 12.5. The van der Waals surface area contributed by atoms with E-state index in [1.807, 2.05) is 6.92 Å². The molecule has 0 radical (unpaired) electrons. The van der Waals surface area contributed by atoms with Crippen molar-refractivity contribution in [2.24, 2.45) is 5.92 Å². The van der Waals surface area contributed by atoms with Crippen molar-refractivity contribution in [1.82, 2.24) is 4.31 Å². The Balaban J connectivity index is 2.15. The predicted molar refractivity (Wildman–Crippen MR) is 92.1 cm³/mol. The van der Waals surface area contributed by atoms with Crippen LogP contribution in [-0.2, 0) is 14.8 Å². The summed E-state index contributed by atoms with van der Waals surface area (Å²) in [5.41, 5.74) is 1.48. The van der Waals surface area contributed by atoms with Gasteiger partial charge in [-0.05, 0) is 31.4 Å². The molecule has 0 aliphatic carbocycles. The molecule has 7 nitrogen and oxygen atoms in total. The summed E-state index contributed by atoms with van der Waals surface area (Å²) in [5.74, 6) is 0.577. The maximum absolute atomic E-state index is 12.5. The van der Waals surface area contributed by atoms with Gasteiger partial charge in [-0.3, -0.25) is 4.79 Å². The summed E-state index contributed by atoms with van der Waals surface area (Å²) >= 11 is 0. The zero-order valence-electron chi connectivity index (χ0n) is 14.5. The predicted octanol–water partition coefficient (Wildman–Crippen LogP) is 1.62. The van der Waals surface area contributed by atoms with Crippen LogP contribution < -0.4 is 14.8 Å². The van der Waals surface area contributed by atoms with Crippen molar-refractivity contribution in [1.29, 1.82) is 0 Å². The summed E-state index contributed by atoms with van der Waals surface area (Å²) in [5, 5.41) is 2.88. The molecule has 1 N–H and O–H groups in total. The van der Waals surface area contributed by atoms with E-state index in [-0.39, 0.29) is 18.4 Å². The molecular formula is C16H24N2O5S. The molecule has 134 valence electrons. The van der Waals surface area contributed by atoms with Crippen molar-refractivity contribution in [2.75, 3.05) is 38.9 Å². The molecule has 0 aromatic heterocycles. The normalized spacial score (nSPS) is 18.9. The number of hydrogen-bond donors (Lipinski definition) is 1. The minimum Gasteiger partial charge on any atom is -0.493 e. The number of sulfonamides is 1. The SMILES string of the molecule is COc1cc(C)c(NC(=O)[C@@H]2CCCN(S(C)(=O)=O)C2)cc1OC. The number of nitrogens with one attached hydrogen (secondary N) is 1. The van der Waals surface area contributed by atoms with E-state index in [0.717, 1.165) is 5.56 Å². The van der Waals surface area contributed by atoms with Crippen LogP contribution >= 0.6 is 0 Å². The van der Waals surface area contributed by atoms with Crippen molar-refractivity contribution in [3.8, 4) is 11.5 Å². The largest absolute Gasteiger partial charge is 0.493 e. The minimum atomic E-state index is -3.28. The van der Waals surface area contributed by atoms with Gasteiger partial charge in [-0.2, -0.15) is 0 Å². The molecule has 1 aromatic carbocycles. The molecule has 0 bridgehead atoms. The van der Waals surface area contributed by atoms with Gasteiger partial charge in [-0.25, -0.2) is 12.7 Å². The van der Waals surface area contributed by atoms with E-state index in [1.165, 1.54) is 17.7 Å². The standard InChI is InChI=1S/C16H24N2O5S/c1-11-8-14(22-2)15(23-3)9-13(11)17-16(19)12-6-5-7-18(10-12)24(4,20)21/h8-9,12H,5-7,10H2,1-4H3,(H,17,19)/t12-/m1/s1. The summed E-state index contributed by atoms with van der Waals surface area (Å²) in [7, 11) is -0.192. The van der Waals surface area contributed by atoms with E-state index in [4.69, 9.17) is 9.47 Å². The molecule has 24 heavy (non-hydrogen) atoms. The Bertz CT molecular complexity index is 717. The Morgan fingerprint density at radius 3 is 2.46 bits per heavy atom. The molecule has 1 saturated heterocycles. The zero-order valence-corrected chi connectivity index (χ0v) is 15.3. The number of anilines is 1. The third kappa shape index (κ3) is 4.18. The molecule has 1 aliphatic heterocycles. The van der Waals surface area contributed by atoms with Crippen LogP contribution in [0.25, 0.3) is 0 Å². The topological polar surface area (TPSA) is 84.9 Å². The third-order valence-electron chi connectivity index (χ3n) is 4.21. The number of piperidine rings is 1. The number of amides is 1. The summed E-state index contributed by atoms with van der Waals surface area (Å²) in [6, 6.07) is 3.50. The van der Waals surface area contributed by atoms with Gasteiger partial charge in [0.25, 0.3) is 0 Å². The van der Waals surface area contributed by atoms with Crippen LogP contribution in [0, 0.1) is 12.8 Å². The molecule has 0 spiro atoms. The van der Waals surface area contributed by atoms with E-state index in [2.05, 4.69) is 5.32 Å². The number of carbonyl (C=O) groups excluding carboxylic acids is 1. The summed E-state index contributed by atoms with van der Waals surface area (Å²) in [6.07, 6.45) is 2.52. The van der Waals surface area contributed by atoms with Crippen LogP contribution in [0.4, 0.5) is 5.69 Å². The number of benzene rings is 1. The molecule has 1 fully saturated rings. The second-order valence-electron chi connectivity index (χ2n) is 5.97. The molecule has 0 unspecified atom stereocenters. The van der Waals surface area contributed by atoms with E-state index in [1.54, 1.807) is 19.2 Å². The van der Waals surface area contributed by atoms with Crippen LogP contribution in [0.5, 0.6) is 11.5 Å². The van der Waals surface area contributed by atoms with Gasteiger partial charge in [0, 0.05) is 24.8 Å². The van der Waals surface area contributed by atoms with E-state index < -0.39 is 10.0 Å². The number of aryl methyl sites for hydroxylation is 1. The Kier molecular flexibility index (Phi) is 5.71. The van der Waals surface area contributed by atoms with Gasteiger partial charge in [0.05, 0.1) is 26.4 Å². The highest BCUT2D eigenvalue weighted by molar-refractivity contribution is 7.88. The van der Waals surface area contributed by atoms with Crippen molar-refractivity contribution in [2.45, 2.75) is 19.8 Å². The maximum Gasteiger partial charge on any atom is 0.228 e. The van der Waals surface area contributed by atoms with Crippen LogP contribution in [0.1, 0.15) is 18.4 Å². The molecule has 1 heterocycles. The minimum absolute atomic E-state index is 0.182. The molecule has 1 atom stereocenters.